The third-order valence-electron chi connectivity index (χ3n) is 3.94. The molecule has 0 aliphatic heterocycles. The SMILES string of the molecule is Cc1nc([C@H](NC(=O)Cc2ccccc2C)c2ccccc2F)no1. The normalized spacial score (nSPS) is 12.0. The number of hydrogen-bond acceptors (Lipinski definition) is 4. The molecule has 128 valence electrons. The Morgan fingerprint density at radius 1 is 1.16 bits per heavy atom. The predicted molar refractivity (Wildman–Crippen MR) is 90.3 cm³/mol. The second-order valence-corrected chi connectivity index (χ2v) is 5.80. The van der Waals surface area contributed by atoms with Crippen LogP contribution in [-0.4, -0.2) is 16.0 Å². The zero-order chi connectivity index (χ0) is 17.8. The molecule has 0 bridgehead atoms. The molecular weight excluding hydrogens is 321 g/mol. The molecule has 0 saturated heterocycles. The van der Waals surface area contributed by atoms with Crippen LogP contribution in [0.1, 0.15) is 34.4 Å². The van der Waals surface area contributed by atoms with Gasteiger partial charge >= 0.3 is 0 Å². The first-order chi connectivity index (χ1) is 12.0. The molecule has 0 fully saturated rings. The lowest BCUT2D eigenvalue weighted by Crippen LogP contribution is -2.32. The lowest BCUT2D eigenvalue weighted by molar-refractivity contribution is -0.121. The monoisotopic (exact) mass is 339 g/mol. The molecule has 1 amide bonds. The van der Waals surface area contributed by atoms with Crippen molar-refractivity contribution in [2.24, 2.45) is 0 Å². The molecule has 5 nitrogen and oxygen atoms in total. The number of aryl methyl sites for hydroxylation is 2. The average molecular weight is 339 g/mol. The Hall–Kier alpha value is -3.02. The maximum atomic E-state index is 14.2. The van der Waals surface area contributed by atoms with Gasteiger partial charge in [0.05, 0.1) is 6.42 Å². The number of nitrogens with zero attached hydrogens (tertiary/aromatic N) is 2. The molecule has 0 aliphatic carbocycles. The fourth-order valence-electron chi connectivity index (χ4n) is 2.62. The predicted octanol–water partition coefficient (Wildman–Crippen LogP) is 3.27. The minimum Gasteiger partial charge on any atom is -0.341 e. The van der Waals surface area contributed by atoms with Crippen molar-refractivity contribution in [1.82, 2.24) is 15.5 Å². The van der Waals surface area contributed by atoms with Crippen LogP contribution in [0.5, 0.6) is 0 Å². The van der Waals surface area contributed by atoms with Crippen LogP contribution in [-0.2, 0) is 11.2 Å². The second kappa shape index (κ2) is 7.25. The smallest absolute Gasteiger partial charge is 0.225 e. The van der Waals surface area contributed by atoms with E-state index in [1.54, 1.807) is 25.1 Å². The maximum Gasteiger partial charge on any atom is 0.225 e. The Balaban J connectivity index is 1.87. The lowest BCUT2D eigenvalue weighted by atomic mass is 10.0. The summed E-state index contributed by atoms with van der Waals surface area (Å²) in [7, 11) is 0. The summed E-state index contributed by atoms with van der Waals surface area (Å²) in [6.45, 7) is 3.59. The maximum absolute atomic E-state index is 14.2. The fraction of sp³-hybridized carbons (Fsp3) is 0.211. The minimum absolute atomic E-state index is 0.189. The van der Waals surface area contributed by atoms with Gasteiger partial charge in [-0.15, -0.1) is 0 Å². The van der Waals surface area contributed by atoms with Crippen LogP contribution in [0.2, 0.25) is 0 Å². The Labute approximate surface area is 144 Å². The van der Waals surface area contributed by atoms with E-state index in [9.17, 15) is 9.18 Å². The van der Waals surface area contributed by atoms with Gasteiger partial charge in [-0.25, -0.2) is 4.39 Å². The van der Waals surface area contributed by atoms with Gasteiger partial charge in [-0.05, 0) is 24.1 Å². The van der Waals surface area contributed by atoms with Crippen molar-refractivity contribution in [2.45, 2.75) is 26.3 Å². The molecule has 6 heteroatoms. The van der Waals surface area contributed by atoms with Gasteiger partial charge in [0.1, 0.15) is 11.9 Å². The van der Waals surface area contributed by atoms with E-state index in [1.165, 1.54) is 6.07 Å². The van der Waals surface area contributed by atoms with Crippen molar-refractivity contribution >= 4 is 5.91 Å². The summed E-state index contributed by atoms with van der Waals surface area (Å²) >= 11 is 0. The topological polar surface area (TPSA) is 68.0 Å². The van der Waals surface area contributed by atoms with E-state index in [0.717, 1.165) is 11.1 Å². The zero-order valence-electron chi connectivity index (χ0n) is 14.0. The molecule has 1 heterocycles. The van der Waals surface area contributed by atoms with Gasteiger partial charge in [0.2, 0.25) is 11.8 Å². The Morgan fingerprint density at radius 3 is 2.56 bits per heavy atom. The number of aromatic nitrogens is 2. The van der Waals surface area contributed by atoms with Crippen LogP contribution < -0.4 is 5.32 Å². The minimum atomic E-state index is -0.810. The van der Waals surface area contributed by atoms with Crippen LogP contribution >= 0.6 is 0 Å². The van der Waals surface area contributed by atoms with Gasteiger partial charge in [-0.2, -0.15) is 4.98 Å². The highest BCUT2D eigenvalue weighted by Gasteiger charge is 2.24. The Kier molecular flexibility index (Phi) is 4.88. The molecular formula is C19H18FN3O2. The molecule has 1 aromatic heterocycles. The number of rotatable bonds is 5. The van der Waals surface area contributed by atoms with Crippen molar-refractivity contribution in [3.63, 3.8) is 0 Å². The quantitative estimate of drug-likeness (QED) is 0.775. The number of nitrogens with one attached hydrogen (secondary N) is 1. The van der Waals surface area contributed by atoms with Gasteiger partial charge < -0.3 is 9.84 Å². The van der Waals surface area contributed by atoms with Gasteiger partial charge in [-0.1, -0.05) is 47.6 Å². The van der Waals surface area contributed by atoms with E-state index < -0.39 is 11.9 Å². The highest BCUT2D eigenvalue weighted by molar-refractivity contribution is 5.79. The summed E-state index contributed by atoms with van der Waals surface area (Å²) in [6.07, 6.45) is 0.189. The third-order valence-corrected chi connectivity index (χ3v) is 3.94. The summed E-state index contributed by atoms with van der Waals surface area (Å²) in [4.78, 5) is 16.7. The van der Waals surface area contributed by atoms with Crippen LogP contribution in [0.15, 0.2) is 53.1 Å². The molecule has 3 aromatic rings. The van der Waals surface area contributed by atoms with E-state index >= 15 is 0 Å². The first-order valence-corrected chi connectivity index (χ1v) is 7.93. The van der Waals surface area contributed by atoms with Crippen molar-refractivity contribution in [1.29, 1.82) is 0 Å². The first-order valence-electron chi connectivity index (χ1n) is 7.93. The molecule has 0 radical (unpaired) electrons. The number of benzene rings is 2. The van der Waals surface area contributed by atoms with E-state index in [1.807, 2.05) is 31.2 Å². The first kappa shape index (κ1) is 16.8. The van der Waals surface area contributed by atoms with E-state index in [4.69, 9.17) is 4.52 Å². The van der Waals surface area contributed by atoms with Gasteiger partial charge in [0, 0.05) is 12.5 Å². The van der Waals surface area contributed by atoms with E-state index in [2.05, 4.69) is 15.5 Å². The molecule has 0 unspecified atom stereocenters. The molecule has 25 heavy (non-hydrogen) atoms. The van der Waals surface area contributed by atoms with Gasteiger partial charge in [0.15, 0.2) is 5.82 Å². The fourth-order valence-corrected chi connectivity index (χ4v) is 2.62. The molecule has 1 atom stereocenters. The largest absolute Gasteiger partial charge is 0.341 e. The van der Waals surface area contributed by atoms with E-state index in [-0.39, 0.29) is 18.2 Å². The molecule has 2 aromatic carbocycles. The Morgan fingerprint density at radius 2 is 1.88 bits per heavy atom. The van der Waals surface area contributed by atoms with Crippen LogP contribution in [0.3, 0.4) is 0 Å². The molecule has 0 spiro atoms. The summed E-state index contributed by atoms with van der Waals surface area (Å²) in [5.74, 6) is -0.110. The number of halogens is 1. The number of hydrogen-bond donors (Lipinski definition) is 1. The number of amides is 1. The average Bonchev–Trinajstić information content (AvgIpc) is 3.02. The highest BCUT2D eigenvalue weighted by Crippen LogP contribution is 2.22. The van der Waals surface area contributed by atoms with Crippen molar-refractivity contribution in [3.05, 3.63) is 82.8 Å². The van der Waals surface area contributed by atoms with Crippen molar-refractivity contribution in [3.8, 4) is 0 Å². The van der Waals surface area contributed by atoms with Crippen molar-refractivity contribution < 1.29 is 13.7 Å². The molecule has 0 aliphatic rings. The second-order valence-electron chi connectivity index (χ2n) is 5.80. The summed E-state index contributed by atoms with van der Waals surface area (Å²) in [6, 6.07) is 13.1. The van der Waals surface area contributed by atoms with Crippen LogP contribution in [0.25, 0.3) is 0 Å². The lowest BCUT2D eigenvalue weighted by Gasteiger charge is -2.17. The number of carbonyl (C=O) groups excluding carboxylic acids is 1. The molecule has 0 saturated carbocycles. The molecule has 3 rings (SSSR count). The van der Waals surface area contributed by atoms with Crippen LogP contribution in [0.4, 0.5) is 4.39 Å². The zero-order valence-corrected chi connectivity index (χ0v) is 14.0. The summed E-state index contributed by atoms with van der Waals surface area (Å²) < 4.78 is 19.2. The van der Waals surface area contributed by atoms with Crippen molar-refractivity contribution in [2.75, 3.05) is 0 Å². The van der Waals surface area contributed by atoms with Gasteiger partial charge in [-0.3, -0.25) is 4.79 Å². The van der Waals surface area contributed by atoms with E-state index in [0.29, 0.717) is 11.5 Å². The number of carbonyl (C=O) groups is 1. The third kappa shape index (κ3) is 3.91. The van der Waals surface area contributed by atoms with Gasteiger partial charge in [0.25, 0.3) is 0 Å². The summed E-state index contributed by atoms with van der Waals surface area (Å²) in [5, 5.41) is 6.66. The summed E-state index contributed by atoms with van der Waals surface area (Å²) in [5.41, 5.74) is 2.23. The Bertz CT molecular complexity index is 892. The molecule has 1 N–H and O–H groups in total. The highest BCUT2D eigenvalue weighted by atomic mass is 19.1. The standard InChI is InChI=1S/C19H18FN3O2/c1-12-7-3-4-8-14(12)11-17(24)22-18(19-21-13(2)25-23-19)15-9-5-6-10-16(15)20/h3-10,18H,11H2,1-2H3,(H,22,24)/t18-/m1/s1. The van der Waals surface area contributed by atoms with Crippen LogP contribution in [0, 0.1) is 19.7 Å².